The van der Waals surface area contributed by atoms with Gasteiger partial charge in [0.1, 0.15) is 0 Å². The highest BCUT2D eigenvalue weighted by atomic mass is 16.5. The summed E-state index contributed by atoms with van der Waals surface area (Å²) in [5, 5.41) is 12.6. The van der Waals surface area contributed by atoms with Crippen LogP contribution in [-0.4, -0.2) is 31.8 Å². The molecular formula is C11H15NO4. The summed E-state index contributed by atoms with van der Waals surface area (Å²) in [6.45, 7) is 0.477. The zero-order valence-corrected chi connectivity index (χ0v) is 9.32. The number of aromatic hydroxyl groups is 1. The Morgan fingerprint density at radius 1 is 1.44 bits per heavy atom. The first kappa shape index (κ1) is 12.3. The molecule has 0 fully saturated rings. The quantitative estimate of drug-likeness (QED) is 0.721. The monoisotopic (exact) mass is 225 g/mol. The van der Waals surface area contributed by atoms with E-state index >= 15 is 0 Å². The van der Waals surface area contributed by atoms with Crippen LogP contribution in [-0.2, 0) is 16.1 Å². The van der Waals surface area contributed by atoms with Crippen LogP contribution < -0.4 is 10.1 Å². The van der Waals surface area contributed by atoms with Crippen molar-refractivity contribution in [2.45, 2.75) is 6.54 Å². The normalized spacial score (nSPS) is 9.88. The Morgan fingerprint density at radius 3 is 2.81 bits per heavy atom. The Hall–Kier alpha value is -1.75. The van der Waals surface area contributed by atoms with E-state index in [4.69, 9.17) is 4.74 Å². The average molecular weight is 225 g/mol. The summed E-state index contributed by atoms with van der Waals surface area (Å²) in [5.41, 5.74) is 0.670. The summed E-state index contributed by atoms with van der Waals surface area (Å²) in [6.07, 6.45) is 0. The molecule has 5 heteroatoms. The molecule has 0 aromatic heterocycles. The number of rotatable bonds is 5. The molecule has 2 N–H and O–H groups in total. The van der Waals surface area contributed by atoms with Gasteiger partial charge in [0.15, 0.2) is 11.5 Å². The van der Waals surface area contributed by atoms with Crippen LogP contribution in [0.15, 0.2) is 18.2 Å². The van der Waals surface area contributed by atoms with Crippen molar-refractivity contribution in [2.75, 3.05) is 20.8 Å². The number of methoxy groups -OCH3 is 2. The fourth-order valence-electron chi connectivity index (χ4n) is 1.25. The third kappa shape index (κ3) is 3.13. The van der Waals surface area contributed by atoms with Crippen molar-refractivity contribution < 1.29 is 19.4 Å². The van der Waals surface area contributed by atoms with E-state index in [0.29, 0.717) is 17.9 Å². The SMILES string of the molecule is COC(=O)CNCc1cccc(OC)c1O. The van der Waals surface area contributed by atoms with Crippen molar-refractivity contribution in [2.24, 2.45) is 0 Å². The van der Waals surface area contributed by atoms with Crippen LogP contribution in [0.1, 0.15) is 5.56 Å². The topological polar surface area (TPSA) is 67.8 Å². The smallest absolute Gasteiger partial charge is 0.319 e. The number of benzene rings is 1. The Balaban J connectivity index is 2.57. The van der Waals surface area contributed by atoms with Crippen molar-refractivity contribution in [3.05, 3.63) is 23.8 Å². The second-order valence-corrected chi connectivity index (χ2v) is 3.15. The van der Waals surface area contributed by atoms with Crippen LogP contribution >= 0.6 is 0 Å². The van der Waals surface area contributed by atoms with E-state index in [1.165, 1.54) is 14.2 Å². The number of carbonyl (C=O) groups excluding carboxylic acids is 1. The maximum atomic E-state index is 10.8. The molecule has 0 bridgehead atoms. The molecule has 0 aliphatic heterocycles. The maximum Gasteiger partial charge on any atom is 0.319 e. The molecule has 0 unspecified atom stereocenters. The van der Waals surface area contributed by atoms with E-state index in [1.807, 2.05) is 0 Å². The van der Waals surface area contributed by atoms with Gasteiger partial charge in [-0.2, -0.15) is 0 Å². The van der Waals surface area contributed by atoms with Gasteiger partial charge in [-0.25, -0.2) is 0 Å². The standard InChI is InChI=1S/C11H15NO4/c1-15-9-5-3-4-8(11(9)14)6-12-7-10(13)16-2/h3-5,12,14H,6-7H2,1-2H3. The number of phenols is 1. The van der Waals surface area contributed by atoms with E-state index < -0.39 is 0 Å². The minimum absolute atomic E-state index is 0.0855. The van der Waals surface area contributed by atoms with Crippen LogP contribution in [0, 0.1) is 0 Å². The number of carbonyl (C=O) groups is 1. The Kier molecular flexibility index (Phi) is 4.60. The number of nitrogens with one attached hydrogen (secondary N) is 1. The van der Waals surface area contributed by atoms with E-state index in [2.05, 4.69) is 10.1 Å². The lowest BCUT2D eigenvalue weighted by Crippen LogP contribution is -2.23. The molecule has 0 spiro atoms. The van der Waals surface area contributed by atoms with E-state index in [1.54, 1.807) is 18.2 Å². The van der Waals surface area contributed by atoms with Crippen LogP contribution in [0.2, 0.25) is 0 Å². The van der Waals surface area contributed by atoms with E-state index in [9.17, 15) is 9.90 Å². The summed E-state index contributed by atoms with van der Waals surface area (Å²) < 4.78 is 9.44. The van der Waals surface area contributed by atoms with Crippen molar-refractivity contribution in [3.63, 3.8) is 0 Å². The van der Waals surface area contributed by atoms with Gasteiger partial charge in [-0.15, -0.1) is 0 Å². The summed E-state index contributed by atoms with van der Waals surface area (Å²) in [7, 11) is 2.81. The van der Waals surface area contributed by atoms with Gasteiger partial charge in [-0.3, -0.25) is 4.79 Å². The first-order valence-corrected chi connectivity index (χ1v) is 4.81. The minimum Gasteiger partial charge on any atom is -0.504 e. The molecule has 0 aliphatic rings. The van der Waals surface area contributed by atoms with E-state index in [0.717, 1.165) is 0 Å². The van der Waals surface area contributed by atoms with Gasteiger partial charge in [-0.05, 0) is 6.07 Å². The van der Waals surface area contributed by atoms with Crippen molar-refractivity contribution in [1.82, 2.24) is 5.32 Å². The van der Waals surface area contributed by atoms with Crippen LogP contribution in [0.5, 0.6) is 11.5 Å². The Morgan fingerprint density at radius 2 is 2.19 bits per heavy atom. The number of esters is 1. The minimum atomic E-state index is -0.345. The molecule has 1 rings (SSSR count). The molecule has 1 aromatic carbocycles. The number of hydrogen-bond acceptors (Lipinski definition) is 5. The Bertz CT molecular complexity index is 365. The number of para-hydroxylation sites is 1. The highest BCUT2D eigenvalue weighted by molar-refractivity contribution is 5.71. The molecule has 0 heterocycles. The maximum absolute atomic E-state index is 10.8. The molecule has 0 atom stereocenters. The van der Waals surface area contributed by atoms with Crippen molar-refractivity contribution in [1.29, 1.82) is 0 Å². The fraction of sp³-hybridized carbons (Fsp3) is 0.364. The number of phenolic OH excluding ortho intramolecular Hbond substituents is 1. The summed E-state index contributed by atoms with van der Waals surface area (Å²) in [4.78, 5) is 10.8. The third-order valence-corrected chi connectivity index (χ3v) is 2.11. The first-order chi connectivity index (χ1) is 7.69. The second kappa shape index (κ2) is 5.97. The lowest BCUT2D eigenvalue weighted by atomic mass is 10.2. The van der Waals surface area contributed by atoms with Gasteiger partial charge in [0.05, 0.1) is 20.8 Å². The number of hydrogen-bond donors (Lipinski definition) is 2. The molecule has 5 nitrogen and oxygen atoms in total. The molecule has 0 saturated carbocycles. The first-order valence-electron chi connectivity index (χ1n) is 4.81. The van der Waals surface area contributed by atoms with Gasteiger partial charge < -0.3 is 19.9 Å². The van der Waals surface area contributed by atoms with Crippen LogP contribution in [0.25, 0.3) is 0 Å². The van der Waals surface area contributed by atoms with Crippen molar-refractivity contribution in [3.8, 4) is 11.5 Å². The molecule has 16 heavy (non-hydrogen) atoms. The molecule has 0 aliphatic carbocycles. The second-order valence-electron chi connectivity index (χ2n) is 3.15. The molecule has 0 amide bonds. The van der Waals surface area contributed by atoms with Crippen LogP contribution in [0.4, 0.5) is 0 Å². The van der Waals surface area contributed by atoms with E-state index in [-0.39, 0.29) is 18.3 Å². The van der Waals surface area contributed by atoms with Gasteiger partial charge in [-0.1, -0.05) is 12.1 Å². The Labute approximate surface area is 94.0 Å². The summed E-state index contributed by atoms with van der Waals surface area (Å²) in [6, 6.07) is 5.19. The largest absolute Gasteiger partial charge is 0.504 e. The average Bonchev–Trinajstić information content (AvgIpc) is 2.31. The predicted molar refractivity (Wildman–Crippen MR) is 58.4 cm³/mol. The highest BCUT2D eigenvalue weighted by Gasteiger charge is 2.07. The van der Waals surface area contributed by atoms with Gasteiger partial charge in [0, 0.05) is 12.1 Å². The molecule has 1 aromatic rings. The predicted octanol–water partition coefficient (Wildman–Crippen LogP) is 0.663. The lowest BCUT2D eigenvalue weighted by Gasteiger charge is -2.09. The van der Waals surface area contributed by atoms with Gasteiger partial charge in [0.25, 0.3) is 0 Å². The number of ether oxygens (including phenoxy) is 2. The zero-order chi connectivity index (χ0) is 12.0. The molecular weight excluding hydrogens is 210 g/mol. The van der Waals surface area contributed by atoms with Crippen LogP contribution in [0.3, 0.4) is 0 Å². The third-order valence-electron chi connectivity index (χ3n) is 2.11. The fourth-order valence-corrected chi connectivity index (χ4v) is 1.25. The molecule has 0 radical (unpaired) electrons. The lowest BCUT2D eigenvalue weighted by molar-refractivity contribution is -0.139. The molecule has 0 saturated heterocycles. The molecule has 88 valence electrons. The highest BCUT2D eigenvalue weighted by Crippen LogP contribution is 2.28. The van der Waals surface area contributed by atoms with Gasteiger partial charge >= 0.3 is 5.97 Å². The zero-order valence-electron chi connectivity index (χ0n) is 9.32. The summed E-state index contributed by atoms with van der Waals surface area (Å²) in [5.74, 6) is 0.155. The van der Waals surface area contributed by atoms with Gasteiger partial charge in [0.2, 0.25) is 0 Å². The van der Waals surface area contributed by atoms with Crippen molar-refractivity contribution >= 4 is 5.97 Å². The summed E-state index contributed by atoms with van der Waals surface area (Å²) >= 11 is 0.